The quantitative estimate of drug-likeness (QED) is 0.0432. The molecule has 0 bridgehead atoms. The van der Waals surface area contributed by atoms with Crippen LogP contribution in [0.1, 0.15) is 220 Å². The molecule has 0 saturated carbocycles. The number of carbonyl (C=O) groups excluding carboxylic acids is 1. The van der Waals surface area contributed by atoms with Crippen LogP contribution in [-0.2, 0) is 9.53 Å². The molecule has 244 valence electrons. The lowest BCUT2D eigenvalue weighted by atomic mass is 10.0. The van der Waals surface area contributed by atoms with Gasteiger partial charge in [0, 0.05) is 6.42 Å². The second-order valence-electron chi connectivity index (χ2n) is 13.4. The second kappa shape index (κ2) is 35.4. The van der Waals surface area contributed by atoms with Crippen molar-refractivity contribution in [2.24, 2.45) is 5.92 Å². The van der Waals surface area contributed by atoms with Gasteiger partial charge in [-0.25, -0.2) is 0 Å². The zero-order valence-corrected chi connectivity index (χ0v) is 28.7. The predicted molar refractivity (Wildman–Crippen MR) is 184 cm³/mol. The summed E-state index contributed by atoms with van der Waals surface area (Å²) in [5.41, 5.74) is 0. The van der Waals surface area contributed by atoms with E-state index in [1.165, 1.54) is 180 Å². The smallest absolute Gasteiger partial charge is 0.305 e. The molecule has 0 heterocycles. The lowest BCUT2D eigenvalue weighted by Gasteiger charge is -2.06. The van der Waals surface area contributed by atoms with Crippen LogP contribution in [0.4, 0.5) is 0 Å². The lowest BCUT2D eigenvalue weighted by Crippen LogP contribution is -2.05. The standard InChI is InChI=1S/C39H76O2/c1-4-5-6-7-8-9-10-11-12-13-14-15-16-17-21-24-27-30-33-36-39(40)41-37-34-31-28-25-22-19-18-20-23-26-29-32-35-38(2)3/h11-12,38H,4-10,13-37H2,1-3H3/b12-11+. The van der Waals surface area contributed by atoms with E-state index in [1.807, 2.05) is 0 Å². The Morgan fingerprint density at radius 3 is 1.29 bits per heavy atom. The molecule has 0 unspecified atom stereocenters. The van der Waals surface area contributed by atoms with Crippen LogP contribution in [0.2, 0.25) is 0 Å². The van der Waals surface area contributed by atoms with Gasteiger partial charge in [0.15, 0.2) is 0 Å². The van der Waals surface area contributed by atoms with Crippen molar-refractivity contribution in [3.63, 3.8) is 0 Å². The molecule has 41 heavy (non-hydrogen) atoms. The minimum absolute atomic E-state index is 0.0234. The average Bonchev–Trinajstić information content (AvgIpc) is 2.96. The summed E-state index contributed by atoms with van der Waals surface area (Å²) in [7, 11) is 0. The van der Waals surface area contributed by atoms with Crippen LogP contribution in [0, 0.1) is 5.92 Å². The van der Waals surface area contributed by atoms with Crippen molar-refractivity contribution >= 4 is 5.97 Å². The number of rotatable bonds is 34. The third kappa shape index (κ3) is 37.2. The summed E-state index contributed by atoms with van der Waals surface area (Å²) >= 11 is 0. The molecule has 0 aliphatic rings. The Kier molecular flexibility index (Phi) is 34.7. The molecule has 0 aromatic rings. The van der Waals surface area contributed by atoms with Gasteiger partial charge in [-0.2, -0.15) is 0 Å². The molecule has 0 fully saturated rings. The molecule has 0 aliphatic heterocycles. The maximum atomic E-state index is 11.9. The first-order chi connectivity index (χ1) is 20.2. The summed E-state index contributed by atoms with van der Waals surface area (Å²) in [5.74, 6) is 0.893. The van der Waals surface area contributed by atoms with Gasteiger partial charge in [0.25, 0.3) is 0 Å². The molecule has 0 radical (unpaired) electrons. The molecule has 0 rings (SSSR count). The summed E-state index contributed by atoms with van der Waals surface area (Å²) in [5, 5.41) is 0. The Bertz CT molecular complexity index is 524. The van der Waals surface area contributed by atoms with Gasteiger partial charge in [-0.15, -0.1) is 0 Å². The van der Waals surface area contributed by atoms with Gasteiger partial charge in [0.05, 0.1) is 6.61 Å². The highest BCUT2D eigenvalue weighted by molar-refractivity contribution is 5.69. The first kappa shape index (κ1) is 40.2. The van der Waals surface area contributed by atoms with Crippen molar-refractivity contribution in [3.05, 3.63) is 12.2 Å². The second-order valence-corrected chi connectivity index (χ2v) is 13.4. The topological polar surface area (TPSA) is 26.3 Å². The molecule has 0 aliphatic carbocycles. The number of hydrogen-bond acceptors (Lipinski definition) is 2. The molecule has 0 aromatic heterocycles. The van der Waals surface area contributed by atoms with Crippen LogP contribution >= 0.6 is 0 Å². The minimum Gasteiger partial charge on any atom is -0.466 e. The van der Waals surface area contributed by atoms with Crippen LogP contribution in [-0.4, -0.2) is 12.6 Å². The molecule has 0 spiro atoms. The third-order valence-electron chi connectivity index (χ3n) is 8.58. The van der Waals surface area contributed by atoms with Crippen LogP contribution in [0.15, 0.2) is 12.2 Å². The van der Waals surface area contributed by atoms with Crippen LogP contribution in [0.3, 0.4) is 0 Å². The normalized spacial score (nSPS) is 11.7. The molecule has 0 saturated heterocycles. The van der Waals surface area contributed by atoms with E-state index in [2.05, 4.69) is 32.9 Å². The Balaban J connectivity index is 3.19. The monoisotopic (exact) mass is 577 g/mol. The van der Waals surface area contributed by atoms with Crippen LogP contribution < -0.4 is 0 Å². The molecule has 0 N–H and O–H groups in total. The van der Waals surface area contributed by atoms with Gasteiger partial charge in [-0.3, -0.25) is 4.79 Å². The SMILES string of the molecule is CCCCCCCC/C=C/CCCCCCCCCCCC(=O)OCCCCCCCCCCCCCCC(C)C. The molecule has 2 nitrogen and oxygen atoms in total. The fraction of sp³-hybridized carbons (Fsp3) is 0.923. The van der Waals surface area contributed by atoms with Crippen molar-refractivity contribution in [2.45, 2.75) is 220 Å². The number of carbonyl (C=O) groups is 1. The number of unbranched alkanes of at least 4 members (excludes halogenated alkanes) is 26. The summed E-state index contributed by atoms with van der Waals surface area (Å²) in [6, 6.07) is 0. The molecular weight excluding hydrogens is 500 g/mol. The highest BCUT2D eigenvalue weighted by atomic mass is 16.5. The maximum Gasteiger partial charge on any atom is 0.305 e. The average molecular weight is 577 g/mol. The number of ether oxygens (including phenoxy) is 1. The van der Waals surface area contributed by atoms with Gasteiger partial charge in [-0.1, -0.05) is 187 Å². The van der Waals surface area contributed by atoms with Crippen molar-refractivity contribution in [2.75, 3.05) is 6.61 Å². The van der Waals surface area contributed by atoms with E-state index in [-0.39, 0.29) is 5.97 Å². The van der Waals surface area contributed by atoms with E-state index in [0.717, 1.165) is 18.8 Å². The van der Waals surface area contributed by atoms with E-state index in [9.17, 15) is 4.79 Å². The van der Waals surface area contributed by atoms with Crippen molar-refractivity contribution in [1.29, 1.82) is 0 Å². The number of allylic oxidation sites excluding steroid dienone is 2. The summed E-state index contributed by atoms with van der Waals surface area (Å²) in [4.78, 5) is 11.9. The van der Waals surface area contributed by atoms with Gasteiger partial charge in [0.2, 0.25) is 0 Å². The summed E-state index contributed by atoms with van der Waals surface area (Å²) in [6.07, 6.45) is 45.6. The predicted octanol–water partition coefficient (Wildman–Crippen LogP) is 13.9. The Labute approximate surface area is 259 Å². The van der Waals surface area contributed by atoms with E-state index in [0.29, 0.717) is 13.0 Å². The molecule has 0 atom stereocenters. The van der Waals surface area contributed by atoms with E-state index in [1.54, 1.807) is 0 Å². The van der Waals surface area contributed by atoms with Gasteiger partial charge >= 0.3 is 5.97 Å². The van der Waals surface area contributed by atoms with E-state index < -0.39 is 0 Å². The van der Waals surface area contributed by atoms with Gasteiger partial charge < -0.3 is 4.74 Å². The van der Waals surface area contributed by atoms with Crippen molar-refractivity contribution < 1.29 is 9.53 Å². The van der Waals surface area contributed by atoms with Crippen LogP contribution in [0.5, 0.6) is 0 Å². The minimum atomic E-state index is 0.0234. The molecule has 2 heteroatoms. The zero-order chi connectivity index (χ0) is 29.9. The third-order valence-corrected chi connectivity index (χ3v) is 8.58. The zero-order valence-electron chi connectivity index (χ0n) is 28.7. The first-order valence-corrected chi connectivity index (χ1v) is 19.0. The van der Waals surface area contributed by atoms with Gasteiger partial charge in [-0.05, 0) is 44.4 Å². The van der Waals surface area contributed by atoms with E-state index >= 15 is 0 Å². The largest absolute Gasteiger partial charge is 0.466 e. The fourth-order valence-corrected chi connectivity index (χ4v) is 5.73. The van der Waals surface area contributed by atoms with Crippen LogP contribution in [0.25, 0.3) is 0 Å². The molecular formula is C39H76O2. The Hall–Kier alpha value is -0.790. The summed E-state index contributed by atoms with van der Waals surface area (Å²) in [6.45, 7) is 7.57. The number of esters is 1. The highest BCUT2D eigenvalue weighted by Crippen LogP contribution is 2.15. The lowest BCUT2D eigenvalue weighted by molar-refractivity contribution is -0.143. The van der Waals surface area contributed by atoms with Crippen molar-refractivity contribution in [3.8, 4) is 0 Å². The molecule has 0 amide bonds. The number of hydrogen-bond donors (Lipinski definition) is 0. The van der Waals surface area contributed by atoms with E-state index in [4.69, 9.17) is 4.74 Å². The fourth-order valence-electron chi connectivity index (χ4n) is 5.73. The highest BCUT2D eigenvalue weighted by Gasteiger charge is 2.03. The molecule has 0 aromatic carbocycles. The Morgan fingerprint density at radius 2 is 0.854 bits per heavy atom. The Morgan fingerprint density at radius 1 is 0.488 bits per heavy atom. The first-order valence-electron chi connectivity index (χ1n) is 19.0. The van der Waals surface area contributed by atoms with Gasteiger partial charge in [0.1, 0.15) is 0 Å². The maximum absolute atomic E-state index is 11.9. The summed E-state index contributed by atoms with van der Waals surface area (Å²) < 4.78 is 5.45. The van der Waals surface area contributed by atoms with Crippen molar-refractivity contribution in [1.82, 2.24) is 0 Å².